The first-order valence-corrected chi connectivity index (χ1v) is 8.55. The van der Waals surface area contributed by atoms with Crippen LogP contribution in [-0.2, 0) is 38.1 Å². The molecule has 9 nitrogen and oxygen atoms in total. The molecule has 2 unspecified atom stereocenters. The molecule has 1 aliphatic rings. The van der Waals surface area contributed by atoms with Crippen LogP contribution in [0.1, 0.15) is 20.8 Å². The molecule has 0 spiro atoms. The van der Waals surface area contributed by atoms with Gasteiger partial charge in [0.25, 0.3) is 0 Å². The number of carbonyl (C=O) groups excluding carboxylic acids is 3. The monoisotopic (exact) mass is 383 g/mol. The van der Waals surface area contributed by atoms with Gasteiger partial charge in [-0.25, -0.2) is 0 Å². The van der Waals surface area contributed by atoms with E-state index in [1.807, 2.05) is 6.07 Å². The second kappa shape index (κ2) is 9.48. The summed E-state index contributed by atoms with van der Waals surface area (Å²) in [6.07, 6.45) is 1.95. The third-order valence-corrected chi connectivity index (χ3v) is 4.37. The largest absolute Gasteiger partial charge is 0.465 e. The molecule has 0 N–H and O–H groups in total. The highest BCUT2D eigenvalue weighted by molar-refractivity contribution is 6.14. The molecule has 0 aromatic carbocycles. The third kappa shape index (κ3) is 3.55. The van der Waals surface area contributed by atoms with Gasteiger partial charge >= 0.3 is 17.9 Å². The molecule has 1 fully saturated rings. The van der Waals surface area contributed by atoms with Gasteiger partial charge in [-0.05, 0) is 26.8 Å². The van der Waals surface area contributed by atoms with Crippen molar-refractivity contribution in [3.8, 4) is 6.07 Å². The zero-order valence-electron chi connectivity index (χ0n) is 16.1. The van der Waals surface area contributed by atoms with E-state index in [1.54, 1.807) is 20.8 Å². The smallest absolute Gasteiger partial charge is 0.329 e. The fraction of sp³-hybridized carbons (Fsp3) is 0.667. The van der Waals surface area contributed by atoms with Gasteiger partial charge in [-0.15, -0.1) is 0 Å². The lowest BCUT2D eigenvalue weighted by molar-refractivity contribution is -0.170. The number of ether oxygens (including phenoxy) is 5. The van der Waals surface area contributed by atoms with Crippen molar-refractivity contribution in [3.05, 3.63) is 12.2 Å². The van der Waals surface area contributed by atoms with E-state index in [-0.39, 0.29) is 19.8 Å². The van der Waals surface area contributed by atoms with Crippen LogP contribution in [0.25, 0.3) is 0 Å². The van der Waals surface area contributed by atoms with Crippen molar-refractivity contribution in [2.75, 3.05) is 34.0 Å². The minimum Gasteiger partial charge on any atom is -0.465 e. The van der Waals surface area contributed by atoms with Crippen LogP contribution in [0.4, 0.5) is 0 Å². The Balaban J connectivity index is 3.55. The molecular formula is C18H25NO8. The highest BCUT2D eigenvalue weighted by Gasteiger charge is 2.91. The second-order valence-electron chi connectivity index (χ2n) is 5.59. The van der Waals surface area contributed by atoms with Crippen molar-refractivity contribution in [2.24, 2.45) is 16.7 Å². The van der Waals surface area contributed by atoms with Crippen molar-refractivity contribution in [1.82, 2.24) is 0 Å². The maximum Gasteiger partial charge on any atom is 0.329 e. The molecule has 0 saturated heterocycles. The minimum atomic E-state index is -2.15. The van der Waals surface area contributed by atoms with E-state index in [4.69, 9.17) is 23.7 Å². The van der Waals surface area contributed by atoms with Crippen molar-refractivity contribution >= 4 is 17.9 Å². The molecule has 0 heterocycles. The summed E-state index contributed by atoms with van der Waals surface area (Å²) in [5.74, 6) is -4.17. The summed E-state index contributed by atoms with van der Waals surface area (Å²) < 4.78 is 25.1. The van der Waals surface area contributed by atoms with Crippen molar-refractivity contribution in [3.63, 3.8) is 0 Å². The molecule has 27 heavy (non-hydrogen) atoms. The van der Waals surface area contributed by atoms with Gasteiger partial charge in [0.15, 0.2) is 11.7 Å². The van der Waals surface area contributed by atoms with Crippen molar-refractivity contribution in [2.45, 2.75) is 27.1 Å². The lowest BCUT2D eigenvalue weighted by Crippen LogP contribution is -2.39. The Labute approximate surface area is 158 Å². The van der Waals surface area contributed by atoms with Crippen LogP contribution in [-0.4, -0.2) is 58.2 Å². The molecule has 0 radical (unpaired) electrons. The first-order valence-electron chi connectivity index (χ1n) is 8.55. The number of allylic oxidation sites excluding steroid dienone is 1. The van der Waals surface area contributed by atoms with Gasteiger partial charge in [0.05, 0.1) is 25.9 Å². The Hall–Kier alpha value is -2.44. The molecule has 150 valence electrons. The molecular weight excluding hydrogens is 358 g/mol. The normalized spacial score (nSPS) is 22.9. The van der Waals surface area contributed by atoms with Gasteiger partial charge in [0.2, 0.25) is 5.41 Å². The standard InChI is InChI=1S/C18H25NO8/c1-6-25-14(20)17(11-19)12(9-10-13(23-4)24-5)18(17,15(21)26-7-2)16(22)27-8-3/h9-10,12-13H,6-8H2,1-5H3/b10-9+. The Morgan fingerprint density at radius 1 is 0.963 bits per heavy atom. The molecule has 0 bridgehead atoms. The summed E-state index contributed by atoms with van der Waals surface area (Å²) in [6.45, 7) is 4.54. The van der Waals surface area contributed by atoms with Crippen molar-refractivity contribution in [1.29, 1.82) is 5.26 Å². The maximum atomic E-state index is 12.7. The van der Waals surface area contributed by atoms with E-state index in [0.29, 0.717) is 0 Å². The van der Waals surface area contributed by atoms with Crippen LogP contribution >= 0.6 is 0 Å². The third-order valence-electron chi connectivity index (χ3n) is 4.37. The number of methoxy groups -OCH3 is 2. The first kappa shape index (κ1) is 22.6. The molecule has 0 amide bonds. The first-order chi connectivity index (χ1) is 12.9. The van der Waals surface area contributed by atoms with Crippen LogP contribution in [0.2, 0.25) is 0 Å². The van der Waals surface area contributed by atoms with Crippen LogP contribution in [0.15, 0.2) is 12.2 Å². The van der Waals surface area contributed by atoms with Crippen LogP contribution in [0.5, 0.6) is 0 Å². The Bertz CT molecular complexity index is 616. The number of esters is 3. The summed E-state index contributed by atoms with van der Waals surface area (Å²) in [4.78, 5) is 38.1. The predicted octanol–water partition coefficient (Wildman–Crippen LogP) is 0.977. The molecule has 0 aromatic rings. The number of nitrogens with zero attached hydrogens (tertiary/aromatic N) is 1. The van der Waals surface area contributed by atoms with Gasteiger partial charge in [-0.2, -0.15) is 5.26 Å². The summed E-state index contributed by atoms with van der Waals surface area (Å²) >= 11 is 0. The summed E-state index contributed by atoms with van der Waals surface area (Å²) in [6, 6.07) is 1.81. The lowest BCUT2D eigenvalue weighted by Gasteiger charge is -2.17. The predicted molar refractivity (Wildman–Crippen MR) is 90.8 cm³/mol. The van der Waals surface area contributed by atoms with Gasteiger partial charge in [0, 0.05) is 20.1 Å². The molecule has 0 aromatic heterocycles. The fourth-order valence-electron chi connectivity index (χ4n) is 3.13. The molecule has 1 rings (SSSR count). The number of rotatable bonds is 10. The molecule has 2 atom stereocenters. The maximum absolute atomic E-state index is 12.7. The van der Waals surface area contributed by atoms with Gasteiger partial charge < -0.3 is 23.7 Å². The summed E-state index contributed by atoms with van der Waals surface area (Å²) in [5.41, 5.74) is -4.24. The van der Waals surface area contributed by atoms with Gasteiger partial charge in [0.1, 0.15) is 0 Å². The topological polar surface area (TPSA) is 121 Å². The summed E-state index contributed by atoms with van der Waals surface area (Å²) in [7, 11) is 2.77. The molecule has 1 aliphatic carbocycles. The van der Waals surface area contributed by atoms with E-state index < -0.39 is 40.9 Å². The van der Waals surface area contributed by atoms with Gasteiger partial charge in [-0.1, -0.05) is 6.08 Å². The van der Waals surface area contributed by atoms with E-state index in [2.05, 4.69) is 0 Å². The summed E-state index contributed by atoms with van der Waals surface area (Å²) in [5, 5.41) is 9.81. The molecule has 0 aliphatic heterocycles. The number of nitriles is 1. The average Bonchev–Trinajstić information content (AvgIpc) is 3.27. The zero-order chi connectivity index (χ0) is 20.7. The van der Waals surface area contributed by atoms with E-state index in [9.17, 15) is 19.6 Å². The highest BCUT2D eigenvalue weighted by Crippen LogP contribution is 2.71. The Morgan fingerprint density at radius 3 is 1.78 bits per heavy atom. The Kier molecular flexibility index (Phi) is 7.94. The number of hydrogen-bond donors (Lipinski definition) is 0. The number of hydrogen-bond acceptors (Lipinski definition) is 9. The quantitative estimate of drug-likeness (QED) is 0.179. The van der Waals surface area contributed by atoms with E-state index >= 15 is 0 Å². The van der Waals surface area contributed by atoms with Gasteiger partial charge in [-0.3, -0.25) is 14.4 Å². The fourth-order valence-corrected chi connectivity index (χ4v) is 3.13. The molecule has 9 heteroatoms. The van der Waals surface area contributed by atoms with E-state index in [0.717, 1.165) is 0 Å². The van der Waals surface area contributed by atoms with Crippen LogP contribution in [0.3, 0.4) is 0 Å². The van der Waals surface area contributed by atoms with Crippen LogP contribution < -0.4 is 0 Å². The second-order valence-corrected chi connectivity index (χ2v) is 5.59. The number of carbonyl (C=O) groups is 3. The Morgan fingerprint density at radius 2 is 1.41 bits per heavy atom. The minimum absolute atomic E-state index is 0.0286. The van der Waals surface area contributed by atoms with Crippen molar-refractivity contribution < 1.29 is 38.1 Å². The highest BCUT2D eigenvalue weighted by atomic mass is 16.7. The average molecular weight is 383 g/mol. The lowest BCUT2D eigenvalue weighted by atomic mass is 9.93. The molecule has 1 saturated carbocycles. The SMILES string of the molecule is CCOC(=O)C1(C#N)C(/C=C/C(OC)OC)C1(C(=O)OCC)C(=O)OCC. The van der Waals surface area contributed by atoms with Crippen LogP contribution in [0, 0.1) is 28.1 Å². The zero-order valence-corrected chi connectivity index (χ0v) is 16.1. The van der Waals surface area contributed by atoms with E-state index in [1.165, 1.54) is 26.4 Å².